The van der Waals surface area contributed by atoms with Crippen LogP contribution < -0.4 is 5.32 Å². The summed E-state index contributed by atoms with van der Waals surface area (Å²) in [5.41, 5.74) is 0.553. The van der Waals surface area contributed by atoms with Gasteiger partial charge in [0.15, 0.2) is 9.84 Å². The van der Waals surface area contributed by atoms with Gasteiger partial charge >= 0.3 is 0 Å². The molecule has 0 spiro atoms. The molecule has 0 radical (unpaired) electrons. The number of halogens is 1. The summed E-state index contributed by atoms with van der Waals surface area (Å²) in [6.07, 6.45) is 1.18. The fraction of sp³-hybridized carbons (Fsp3) is 0.455. The largest absolute Gasteiger partial charge is 0.383 e. The van der Waals surface area contributed by atoms with Gasteiger partial charge in [-0.2, -0.15) is 0 Å². The number of nitrogens with one attached hydrogen (secondary N) is 1. The molecule has 0 aromatic heterocycles. The van der Waals surface area contributed by atoms with Gasteiger partial charge in [0.25, 0.3) is 0 Å². The first-order valence-corrected chi connectivity index (χ1v) is 7.52. The standard InChI is InChI=1S/C11H16ClNO3S/c1-16-8-9(7-12)13-10-5-3-4-6-11(10)17(2,14)15/h3-6,9,13H,7-8H2,1-2H3. The van der Waals surface area contributed by atoms with Crippen LogP contribution in [-0.2, 0) is 14.6 Å². The topological polar surface area (TPSA) is 55.4 Å². The Hall–Kier alpha value is -0.780. The minimum atomic E-state index is -3.25. The van der Waals surface area contributed by atoms with Crippen LogP contribution in [0, 0.1) is 0 Å². The number of benzene rings is 1. The Morgan fingerprint density at radius 1 is 1.41 bits per heavy atom. The maximum Gasteiger partial charge on any atom is 0.177 e. The molecule has 1 aromatic rings. The quantitative estimate of drug-likeness (QED) is 0.805. The number of methoxy groups -OCH3 is 1. The van der Waals surface area contributed by atoms with Crippen molar-refractivity contribution >= 4 is 27.1 Å². The SMILES string of the molecule is COCC(CCl)Nc1ccccc1S(C)(=O)=O. The van der Waals surface area contributed by atoms with Gasteiger partial charge in [-0.15, -0.1) is 11.6 Å². The van der Waals surface area contributed by atoms with Gasteiger partial charge in [0.2, 0.25) is 0 Å². The third kappa shape index (κ3) is 4.18. The summed E-state index contributed by atoms with van der Waals surface area (Å²) in [5, 5.41) is 3.07. The number of hydrogen-bond acceptors (Lipinski definition) is 4. The molecule has 96 valence electrons. The molecule has 1 N–H and O–H groups in total. The summed E-state index contributed by atoms with van der Waals surface area (Å²) in [7, 11) is -1.68. The predicted octanol–water partition coefficient (Wildman–Crippen LogP) is 1.76. The molecule has 0 saturated carbocycles. The van der Waals surface area contributed by atoms with Crippen molar-refractivity contribution in [1.29, 1.82) is 0 Å². The molecule has 0 fully saturated rings. The molecule has 0 amide bonds. The van der Waals surface area contributed by atoms with Crippen molar-refractivity contribution < 1.29 is 13.2 Å². The van der Waals surface area contributed by atoms with E-state index in [2.05, 4.69) is 5.32 Å². The van der Waals surface area contributed by atoms with Gasteiger partial charge in [0, 0.05) is 19.2 Å². The lowest BCUT2D eigenvalue weighted by atomic mass is 10.3. The molecule has 1 aromatic carbocycles. The average molecular weight is 278 g/mol. The van der Waals surface area contributed by atoms with E-state index in [1.54, 1.807) is 31.4 Å². The lowest BCUT2D eigenvalue weighted by Gasteiger charge is -2.18. The van der Waals surface area contributed by atoms with Gasteiger partial charge in [-0.05, 0) is 12.1 Å². The number of anilines is 1. The van der Waals surface area contributed by atoms with Crippen LogP contribution >= 0.6 is 11.6 Å². The van der Waals surface area contributed by atoms with Crippen LogP contribution in [0.5, 0.6) is 0 Å². The van der Waals surface area contributed by atoms with Crippen molar-refractivity contribution in [3.05, 3.63) is 24.3 Å². The van der Waals surface area contributed by atoms with Crippen molar-refractivity contribution in [2.45, 2.75) is 10.9 Å². The fourth-order valence-corrected chi connectivity index (χ4v) is 2.47. The van der Waals surface area contributed by atoms with Crippen molar-refractivity contribution in [3.63, 3.8) is 0 Å². The van der Waals surface area contributed by atoms with E-state index in [0.717, 1.165) is 0 Å². The Balaban J connectivity index is 2.98. The lowest BCUT2D eigenvalue weighted by Crippen LogP contribution is -2.27. The zero-order chi connectivity index (χ0) is 12.9. The molecule has 0 bridgehead atoms. The monoisotopic (exact) mass is 277 g/mol. The van der Waals surface area contributed by atoms with E-state index in [-0.39, 0.29) is 10.9 Å². The van der Waals surface area contributed by atoms with E-state index in [1.165, 1.54) is 6.26 Å². The Morgan fingerprint density at radius 3 is 2.59 bits per heavy atom. The highest BCUT2D eigenvalue weighted by atomic mass is 35.5. The molecule has 17 heavy (non-hydrogen) atoms. The molecule has 0 aliphatic heterocycles. The highest BCUT2D eigenvalue weighted by Crippen LogP contribution is 2.21. The molecule has 0 saturated heterocycles. The van der Waals surface area contributed by atoms with Crippen LogP contribution in [0.1, 0.15) is 0 Å². The first-order valence-electron chi connectivity index (χ1n) is 5.09. The minimum absolute atomic E-state index is 0.121. The molecular weight excluding hydrogens is 262 g/mol. The minimum Gasteiger partial charge on any atom is -0.383 e. The van der Waals surface area contributed by atoms with E-state index in [0.29, 0.717) is 18.2 Å². The van der Waals surface area contributed by atoms with Crippen LogP contribution in [0.15, 0.2) is 29.2 Å². The number of sulfone groups is 1. The number of ether oxygens (including phenoxy) is 1. The van der Waals surface area contributed by atoms with Gasteiger partial charge in [-0.3, -0.25) is 0 Å². The van der Waals surface area contributed by atoms with Crippen LogP contribution in [0.4, 0.5) is 5.69 Å². The Bertz CT molecular complexity index is 462. The van der Waals surface area contributed by atoms with E-state index < -0.39 is 9.84 Å². The predicted molar refractivity (Wildman–Crippen MR) is 69.6 cm³/mol. The maximum atomic E-state index is 11.6. The summed E-state index contributed by atoms with van der Waals surface area (Å²) >= 11 is 5.77. The van der Waals surface area contributed by atoms with E-state index in [1.807, 2.05) is 0 Å². The summed E-state index contributed by atoms with van der Waals surface area (Å²) in [5.74, 6) is 0.339. The van der Waals surface area contributed by atoms with E-state index >= 15 is 0 Å². The smallest absolute Gasteiger partial charge is 0.177 e. The maximum absolute atomic E-state index is 11.6. The van der Waals surface area contributed by atoms with Crippen LogP contribution in [0.3, 0.4) is 0 Å². The number of rotatable bonds is 6. The molecule has 1 unspecified atom stereocenters. The highest BCUT2D eigenvalue weighted by Gasteiger charge is 2.15. The van der Waals surface area contributed by atoms with Gasteiger partial charge in [-0.1, -0.05) is 12.1 Å². The van der Waals surface area contributed by atoms with Gasteiger partial charge in [-0.25, -0.2) is 8.42 Å². The van der Waals surface area contributed by atoms with Crippen molar-refractivity contribution in [2.75, 3.05) is 31.2 Å². The van der Waals surface area contributed by atoms with Crippen LogP contribution in [-0.4, -0.2) is 40.3 Å². The van der Waals surface area contributed by atoms with Crippen molar-refractivity contribution in [2.24, 2.45) is 0 Å². The summed E-state index contributed by atoms with van der Waals surface area (Å²) in [4.78, 5) is 0.270. The third-order valence-electron chi connectivity index (χ3n) is 2.20. The normalized spacial score (nSPS) is 13.4. The second kappa shape index (κ2) is 6.23. The zero-order valence-electron chi connectivity index (χ0n) is 9.81. The first kappa shape index (κ1) is 14.3. The van der Waals surface area contributed by atoms with Crippen LogP contribution in [0.25, 0.3) is 0 Å². The lowest BCUT2D eigenvalue weighted by molar-refractivity contribution is 0.191. The van der Waals surface area contributed by atoms with Gasteiger partial charge in [0.05, 0.1) is 23.2 Å². The first-order chi connectivity index (χ1) is 7.99. The Labute approximate surface area is 107 Å². The Morgan fingerprint density at radius 2 is 2.06 bits per heavy atom. The van der Waals surface area contributed by atoms with Gasteiger partial charge in [0.1, 0.15) is 0 Å². The molecule has 0 aliphatic carbocycles. The fourth-order valence-electron chi connectivity index (χ4n) is 1.46. The number of hydrogen-bond donors (Lipinski definition) is 1. The molecule has 0 heterocycles. The zero-order valence-corrected chi connectivity index (χ0v) is 11.4. The second-order valence-electron chi connectivity index (χ2n) is 3.72. The second-order valence-corrected chi connectivity index (χ2v) is 6.01. The van der Waals surface area contributed by atoms with E-state index in [9.17, 15) is 8.42 Å². The van der Waals surface area contributed by atoms with Crippen LogP contribution in [0.2, 0.25) is 0 Å². The third-order valence-corrected chi connectivity index (χ3v) is 3.73. The molecule has 1 rings (SSSR count). The van der Waals surface area contributed by atoms with E-state index in [4.69, 9.17) is 16.3 Å². The molecule has 1 atom stereocenters. The number of alkyl halides is 1. The summed E-state index contributed by atoms with van der Waals surface area (Å²) in [6.45, 7) is 0.418. The molecule has 4 nitrogen and oxygen atoms in total. The summed E-state index contributed by atoms with van der Waals surface area (Å²) < 4.78 is 28.2. The average Bonchev–Trinajstić information content (AvgIpc) is 2.27. The molecule has 6 heteroatoms. The highest BCUT2D eigenvalue weighted by molar-refractivity contribution is 7.90. The van der Waals surface area contributed by atoms with Crippen molar-refractivity contribution in [3.8, 4) is 0 Å². The molecular formula is C11H16ClNO3S. The Kier molecular flexibility index (Phi) is 5.24. The molecule has 0 aliphatic rings. The van der Waals surface area contributed by atoms with Gasteiger partial charge < -0.3 is 10.1 Å². The van der Waals surface area contributed by atoms with Crippen molar-refractivity contribution in [1.82, 2.24) is 0 Å². The summed E-state index contributed by atoms with van der Waals surface area (Å²) in [6, 6.07) is 6.62. The number of para-hydroxylation sites is 1.